The highest BCUT2D eigenvalue weighted by atomic mass is 19.1. The summed E-state index contributed by atoms with van der Waals surface area (Å²) in [6.07, 6.45) is -0.257. The van der Waals surface area contributed by atoms with Crippen molar-refractivity contribution in [1.82, 2.24) is 4.90 Å². The fraction of sp³-hybridized carbons (Fsp3) is 0.160. The van der Waals surface area contributed by atoms with Gasteiger partial charge in [0.2, 0.25) is 0 Å². The molecule has 0 fully saturated rings. The third-order valence-electron chi connectivity index (χ3n) is 6.03. The van der Waals surface area contributed by atoms with E-state index in [9.17, 15) is 9.18 Å². The number of likely N-dealkylation sites (N-methyl/N-ethyl adjacent to an activating group) is 1. The van der Waals surface area contributed by atoms with Crippen molar-refractivity contribution in [1.29, 1.82) is 0 Å². The van der Waals surface area contributed by atoms with Crippen LogP contribution in [-0.4, -0.2) is 23.8 Å². The van der Waals surface area contributed by atoms with Gasteiger partial charge in [0, 0.05) is 19.0 Å². The van der Waals surface area contributed by atoms with Crippen molar-refractivity contribution in [2.45, 2.75) is 18.1 Å². The number of hydrogen-bond acceptors (Lipinski definition) is 4. The smallest absolute Gasteiger partial charge is 0.261 e. The number of halogens is 1. The lowest BCUT2D eigenvalue weighted by Gasteiger charge is -2.37. The lowest BCUT2D eigenvalue weighted by atomic mass is 9.79. The van der Waals surface area contributed by atoms with Gasteiger partial charge in [0.05, 0.1) is 6.57 Å². The van der Waals surface area contributed by atoms with Crippen LogP contribution in [0.15, 0.2) is 71.7 Å². The zero-order valence-corrected chi connectivity index (χ0v) is 17.2. The van der Waals surface area contributed by atoms with Gasteiger partial charge in [-0.15, -0.1) is 0 Å². The number of aliphatic imine (C=N–C) groups is 1. The summed E-state index contributed by atoms with van der Waals surface area (Å²) in [5, 5.41) is 0. The van der Waals surface area contributed by atoms with Crippen LogP contribution in [0.1, 0.15) is 23.7 Å². The summed E-state index contributed by atoms with van der Waals surface area (Å²) in [6, 6.07) is 18.9. The van der Waals surface area contributed by atoms with Crippen LogP contribution in [-0.2, 0) is 10.3 Å². The average molecular weight is 426 g/mol. The number of carbonyl (C=O) groups excluding carboxylic acids is 1. The highest BCUT2D eigenvalue weighted by molar-refractivity contribution is 6.07. The molecule has 0 radical (unpaired) electrons. The molecule has 2 aliphatic rings. The summed E-state index contributed by atoms with van der Waals surface area (Å²) in [7, 11) is 1.60. The van der Waals surface area contributed by atoms with Gasteiger partial charge < -0.3 is 10.5 Å². The molecule has 0 saturated carbocycles. The van der Waals surface area contributed by atoms with Gasteiger partial charge in [-0.2, -0.15) is 0 Å². The molecule has 32 heavy (non-hydrogen) atoms. The molecule has 0 bridgehead atoms. The predicted molar refractivity (Wildman–Crippen MR) is 119 cm³/mol. The van der Waals surface area contributed by atoms with Crippen molar-refractivity contribution in [2.75, 3.05) is 7.05 Å². The molecule has 2 N–H and O–H groups in total. The number of nitrogens with zero attached hydrogens (tertiary/aromatic N) is 3. The third kappa shape index (κ3) is 3.00. The predicted octanol–water partition coefficient (Wildman–Crippen LogP) is 4.55. The first-order valence-corrected chi connectivity index (χ1v) is 10.1. The molecule has 5 rings (SSSR count). The summed E-state index contributed by atoms with van der Waals surface area (Å²) in [5.74, 6) is 0.0839. The highest BCUT2D eigenvalue weighted by Crippen LogP contribution is 2.50. The summed E-state index contributed by atoms with van der Waals surface area (Å²) < 4.78 is 19.7. The number of benzene rings is 3. The summed E-state index contributed by atoms with van der Waals surface area (Å²) in [4.78, 5) is 22.9. The molecule has 6 nitrogen and oxygen atoms in total. The Morgan fingerprint density at radius 3 is 2.59 bits per heavy atom. The minimum atomic E-state index is -1.24. The highest BCUT2D eigenvalue weighted by Gasteiger charge is 2.53. The van der Waals surface area contributed by atoms with Gasteiger partial charge in [-0.1, -0.05) is 36.4 Å². The summed E-state index contributed by atoms with van der Waals surface area (Å²) in [6.45, 7) is 7.27. The third-order valence-corrected chi connectivity index (χ3v) is 6.03. The largest absolute Gasteiger partial charge is 0.485 e. The van der Waals surface area contributed by atoms with Gasteiger partial charge in [0.15, 0.2) is 17.2 Å². The Morgan fingerprint density at radius 2 is 1.91 bits per heavy atom. The fourth-order valence-electron chi connectivity index (χ4n) is 4.34. The molecular formula is C25H19FN4O2. The first-order chi connectivity index (χ1) is 15.4. The van der Waals surface area contributed by atoms with Crippen LogP contribution in [0, 0.1) is 12.4 Å². The Morgan fingerprint density at radius 1 is 1.16 bits per heavy atom. The van der Waals surface area contributed by atoms with Gasteiger partial charge in [-0.3, -0.25) is 9.69 Å². The Bertz CT molecular complexity index is 1310. The first kappa shape index (κ1) is 19.8. The van der Waals surface area contributed by atoms with E-state index >= 15 is 0 Å². The van der Waals surface area contributed by atoms with Crippen molar-refractivity contribution in [2.24, 2.45) is 10.7 Å². The number of carbonyl (C=O) groups is 1. The molecule has 0 saturated heterocycles. The van der Waals surface area contributed by atoms with Crippen molar-refractivity contribution in [3.8, 4) is 16.9 Å². The maximum absolute atomic E-state index is 13.5. The lowest BCUT2D eigenvalue weighted by molar-refractivity contribution is -0.132. The minimum absolute atomic E-state index is 0.140. The fourth-order valence-corrected chi connectivity index (χ4v) is 4.34. The van der Waals surface area contributed by atoms with Crippen LogP contribution in [0.2, 0.25) is 0 Å². The van der Waals surface area contributed by atoms with Gasteiger partial charge in [0.1, 0.15) is 17.7 Å². The molecule has 1 spiro atoms. The molecule has 0 aromatic heterocycles. The quantitative estimate of drug-likeness (QED) is 0.611. The zero-order chi connectivity index (χ0) is 22.5. The molecule has 3 aromatic rings. The Kier molecular flexibility index (Phi) is 4.45. The molecule has 2 aliphatic heterocycles. The van der Waals surface area contributed by atoms with E-state index in [2.05, 4.69) is 9.84 Å². The molecule has 3 aromatic carbocycles. The van der Waals surface area contributed by atoms with Gasteiger partial charge >= 0.3 is 0 Å². The van der Waals surface area contributed by atoms with Crippen molar-refractivity contribution < 1.29 is 13.9 Å². The maximum Gasteiger partial charge on any atom is 0.261 e. The number of amides is 1. The van der Waals surface area contributed by atoms with Crippen LogP contribution in [0.4, 0.5) is 10.1 Å². The second-order valence-electron chi connectivity index (χ2n) is 7.93. The molecule has 2 heterocycles. The van der Waals surface area contributed by atoms with Crippen molar-refractivity contribution in [3.05, 3.63) is 95.1 Å². The number of ether oxygens (including phenoxy) is 1. The Hall–Kier alpha value is -4.18. The van der Waals surface area contributed by atoms with Gasteiger partial charge in [-0.25, -0.2) is 14.2 Å². The molecule has 7 heteroatoms. The van der Waals surface area contributed by atoms with Crippen molar-refractivity contribution in [3.63, 3.8) is 0 Å². The number of rotatable bonds is 2. The van der Waals surface area contributed by atoms with E-state index in [0.717, 1.165) is 16.7 Å². The molecule has 2 atom stereocenters. The zero-order valence-electron chi connectivity index (χ0n) is 17.2. The molecular weight excluding hydrogens is 407 g/mol. The number of guanidine groups is 1. The lowest BCUT2D eigenvalue weighted by Crippen LogP contribution is -2.43. The topological polar surface area (TPSA) is 72.3 Å². The van der Waals surface area contributed by atoms with Crippen LogP contribution < -0.4 is 10.5 Å². The molecule has 158 valence electrons. The van der Waals surface area contributed by atoms with E-state index in [1.54, 1.807) is 31.3 Å². The normalized spacial score (nSPS) is 21.7. The van der Waals surface area contributed by atoms with Crippen LogP contribution in [0.3, 0.4) is 0 Å². The van der Waals surface area contributed by atoms with E-state index in [1.165, 1.54) is 17.0 Å². The van der Waals surface area contributed by atoms with Crippen LogP contribution in [0.5, 0.6) is 5.75 Å². The second kappa shape index (κ2) is 7.20. The van der Waals surface area contributed by atoms with E-state index in [-0.39, 0.29) is 24.1 Å². The summed E-state index contributed by atoms with van der Waals surface area (Å²) in [5.41, 5.74) is 8.42. The minimum Gasteiger partial charge on any atom is -0.485 e. The van der Waals surface area contributed by atoms with Crippen LogP contribution >= 0.6 is 0 Å². The Labute approximate surface area is 184 Å². The van der Waals surface area contributed by atoms with E-state index < -0.39 is 11.6 Å². The number of hydrogen-bond donors (Lipinski definition) is 1. The summed E-state index contributed by atoms with van der Waals surface area (Å²) >= 11 is 0. The second-order valence-corrected chi connectivity index (χ2v) is 7.93. The molecule has 2 unspecified atom stereocenters. The van der Waals surface area contributed by atoms with Gasteiger partial charge in [-0.05, 0) is 47.0 Å². The number of nitrogens with two attached hydrogens (primary N) is 1. The molecule has 1 amide bonds. The van der Waals surface area contributed by atoms with E-state index in [4.69, 9.17) is 17.0 Å². The maximum atomic E-state index is 13.5. The first-order valence-electron chi connectivity index (χ1n) is 10.1. The van der Waals surface area contributed by atoms with E-state index in [1.807, 2.05) is 30.3 Å². The monoisotopic (exact) mass is 426 g/mol. The average Bonchev–Trinajstić information content (AvgIpc) is 3.03. The SMILES string of the molecule is [C-]#[N+]c1cccc(-c2ccc3c(c2)C2(CC(c4ccc(F)cc4)O3)N=C(N)N(C)C2=O)c1. The van der Waals surface area contributed by atoms with Crippen molar-refractivity contribution >= 4 is 17.6 Å². The van der Waals surface area contributed by atoms with Gasteiger partial charge in [0.25, 0.3) is 5.91 Å². The Balaban J connectivity index is 1.66. The molecule has 0 aliphatic carbocycles. The van der Waals surface area contributed by atoms with E-state index in [0.29, 0.717) is 17.0 Å². The standard InChI is InChI=1S/C25H19FN4O2/c1-28-19-5-3-4-16(12-19)17-8-11-21-20(13-17)25(23(31)30(2)24(27)29-25)14-22(32-21)15-6-9-18(26)10-7-15/h3-13,22H,14H2,2H3,(H2,27,29). The van der Waals surface area contributed by atoms with Crippen LogP contribution in [0.25, 0.3) is 16.0 Å². The number of fused-ring (bicyclic) bond motifs is 2.